The molecule has 2 aromatic heterocycles. The molecule has 0 fully saturated rings. The Hall–Kier alpha value is -5.02. The zero-order chi connectivity index (χ0) is 24.3. The highest BCUT2D eigenvalue weighted by molar-refractivity contribution is 6.30. The fourth-order valence-electron chi connectivity index (χ4n) is 5.86. The van der Waals surface area contributed by atoms with Crippen molar-refractivity contribution in [2.75, 3.05) is 0 Å². The molecule has 8 aromatic rings. The Morgan fingerprint density at radius 1 is 0.486 bits per heavy atom. The molecule has 0 saturated heterocycles. The van der Waals surface area contributed by atoms with Crippen molar-refractivity contribution in [1.29, 1.82) is 0 Å². The Labute approximate surface area is 213 Å². The van der Waals surface area contributed by atoms with Crippen LogP contribution in [0.4, 0.5) is 0 Å². The third kappa shape index (κ3) is 2.95. The van der Waals surface area contributed by atoms with Gasteiger partial charge >= 0.3 is 0 Å². The Balaban J connectivity index is 1.62. The van der Waals surface area contributed by atoms with Crippen molar-refractivity contribution < 1.29 is 0 Å². The minimum absolute atomic E-state index is 0.889. The smallest absolute Gasteiger partial charge is 0.0907 e. The van der Waals surface area contributed by atoms with Gasteiger partial charge in [0, 0.05) is 28.9 Å². The molecule has 8 rings (SSSR count). The number of benzene rings is 6. The van der Waals surface area contributed by atoms with E-state index in [9.17, 15) is 0 Å². The van der Waals surface area contributed by atoms with Gasteiger partial charge in [-0.25, -0.2) is 0 Å². The SMILES string of the molecule is c1ccc(-c2cc3c(c4ccccc24)c2c4ccccc4ccc2n3-c2ccc3nccnc3c2)cc1. The van der Waals surface area contributed by atoms with Gasteiger partial charge in [0.05, 0.1) is 22.1 Å². The molecule has 0 aliphatic rings. The molecule has 2 heterocycles. The molecule has 0 unspecified atom stereocenters. The van der Waals surface area contributed by atoms with Crippen molar-refractivity contribution in [3.63, 3.8) is 0 Å². The van der Waals surface area contributed by atoms with Crippen LogP contribution in [-0.4, -0.2) is 14.5 Å². The molecule has 0 bridgehead atoms. The van der Waals surface area contributed by atoms with Gasteiger partial charge in [0.1, 0.15) is 0 Å². The predicted octanol–water partition coefficient (Wildman–Crippen LogP) is 8.70. The molecule has 0 N–H and O–H groups in total. The lowest BCUT2D eigenvalue weighted by Crippen LogP contribution is -1.95. The number of hydrogen-bond acceptors (Lipinski definition) is 2. The van der Waals surface area contributed by atoms with Crippen molar-refractivity contribution in [3.05, 3.63) is 128 Å². The highest BCUT2D eigenvalue weighted by Gasteiger charge is 2.19. The monoisotopic (exact) mass is 471 g/mol. The summed E-state index contributed by atoms with van der Waals surface area (Å²) < 4.78 is 2.39. The molecule has 3 heteroatoms. The Morgan fingerprint density at radius 3 is 2.05 bits per heavy atom. The summed E-state index contributed by atoms with van der Waals surface area (Å²) in [5.74, 6) is 0. The fraction of sp³-hybridized carbons (Fsp3) is 0. The van der Waals surface area contributed by atoms with Crippen LogP contribution in [-0.2, 0) is 0 Å². The molecule has 0 spiro atoms. The van der Waals surface area contributed by atoms with Gasteiger partial charge in [0.2, 0.25) is 0 Å². The van der Waals surface area contributed by atoms with Gasteiger partial charge in [-0.2, -0.15) is 0 Å². The van der Waals surface area contributed by atoms with Crippen molar-refractivity contribution >= 4 is 54.4 Å². The van der Waals surface area contributed by atoms with E-state index >= 15 is 0 Å². The van der Waals surface area contributed by atoms with Crippen LogP contribution < -0.4 is 0 Å². The van der Waals surface area contributed by atoms with E-state index in [0.717, 1.165) is 16.7 Å². The second-order valence-electron chi connectivity index (χ2n) is 9.48. The quantitative estimate of drug-likeness (QED) is 0.252. The Kier molecular flexibility index (Phi) is 4.23. The zero-order valence-corrected chi connectivity index (χ0v) is 20.0. The number of nitrogens with zero attached hydrogens (tertiary/aromatic N) is 3. The molecular weight excluding hydrogens is 450 g/mol. The van der Waals surface area contributed by atoms with Crippen LogP contribution in [0.1, 0.15) is 0 Å². The lowest BCUT2D eigenvalue weighted by atomic mass is 9.94. The molecule has 0 amide bonds. The normalized spacial score (nSPS) is 11.8. The van der Waals surface area contributed by atoms with Gasteiger partial charge < -0.3 is 4.57 Å². The molecule has 0 atom stereocenters. The van der Waals surface area contributed by atoms with Crippen molar-refractivity contribution in [3.8, 4) is 16.8 Å². The minimum Gasteiger partial charge on any atom is -0.309 e. The maximum atomic E-state index is 4.60. The average molecular weight is 472 g/mol. The van der Waals surface area contributed by atoms with E-state index in [1.165, 1.54) is 54.5 Å². The van der Waals surface area contributed by atoms with Crippen LogP contribution >= 0.6 is 0 Å². The van der Waals surface area contributed by atoms with E-state index < -0.39 is 0 Å². The highest BCUT2D eigenvalue weighted by Crippen LogP contribution is 2.43. The second kappa shape index (κ2) is 7.74. The zero-order valence-electron chi connectivity index (χ0n) is 20.0. The van der Waals surface area contributed by atoms with Crippen LogP contribution in [0.3, 0.4) is 0 Å². The van der Waals surface area contributed by atoms with Crippen molar-refractivity contribution in [1.82, 2.24) is 14.5 Å². The van der Waals surface area contributed by atoms with Gasteiger partial charge in [-0.1, -0.05) is 84.9 Å². The molecule has 0 aliphatic carbocycles. The topological polar surface area (TPSA) is 30.7 Å². The predicted molar refractivity (Wildman–Crippen MR) is 154 cm³/mol. The van der Waals surface area contributed by atoms with E-state index in [1.807, 2.05) is 0 Å². The van der Waals surface area contributed by atoms with Gasteiger partial charge in [-0.05, 0) is 63.0 Å². The van der Waals surface area contributed by atoms with Crippen LogP contribution in [0.25, 0.3) is 71.2 Å². The largest absolute Gasteiger partial charge is 0.309 e. The van der Waals surface area contributed by atoms with E-state index in [4.69, 9.17) is 0 Å². The molecule has 3 nitrogen and oxygen atoms in total. The van der Waals surface area contributed by atoms with E-state index in [0.29, 0.717) is 0 Å². The number of aromatic nitrogens is 3. The van der Waals surface area contributed by atoms with E-state index in [2.05, 4.69) is 130 Å². The summed E-state index contributed by atoms with van der Waals surface area (Å²) in [7, 11) is 0. The first-order valence-electron chi connectivity index (χ1n) is 12.5. The summed E-state index contributed by atoms with van der Waals surface area (Å²) in [5.41, 5.74) is 7.69. The highest BCUT2D eigenvalue weighted by atomic mass is 15.0. The molecule has 37 heavy (non-hydrogen) atoms. The number of rotatable bonds is 2. The Morgan fingerprint density at radius 2 is 1.19 bits per heavy atom. The van der Waals surface area contributed by atoms with E-state index in [-0.39, 0.29) is 0 Å². The first-order chi connectivity index (χ1) is 18.4. The Bertz CT molecular complexity index is 2140. The van der Waals surface area contributed by atoms with Crippen LogP contribution in [0.2, 0.25) is 0 Å². The van der Waals surface area contributed by atoms with E-state index in [1.54, 1.807) is 12.4 Å². The second-order valence-corrected chi connectivity index (χ2v) is 9.48. The molecule has 6 aromatic carbocycles. The molecule has 0 radical (unpaired) electrons. The third-order valence-electron chi connectivity index (χ3n) is 7.46. The van der Waals surface area contributed by atoms with Gasteiger partial charge in [-0.3, -0.25) is 9.97 Å². The lowest BCUT2D eigenvalue weighted by Gasteiger charge is -2.12. The maximum Gasteiger partial charge on any atom is 0.0907 e. The average Bonchev–Trinajstić information content (AvgIpc) is 3.32. The molecular formula is C34H21N3. The summed E-state index contributed by atoms with van der Waals surface area (Å²) >= 11 is 0. The third-order valence-corrected chi connectivity index (χ3v) is 7.46. The summed E-state index contributed by atoms with van der Waals surface area (Å²) in [6.07, 6.45) is 3.50. The van der Waals surface area contributed by atoms with Crippen LogP contribution in [0.5, 0.6) is 0 Å². The maximum absolute atomic E-state index is 4.60. The first-order valence-corrected chi connectivity index (χ1v) is 12.5. The van der Waals surface area contributed by atoms with Crippen molar-refractivity contribution in [2.45, 2.75) is 0 Å². The van der Waals surface area contributed by atoms with Gasteiger partial charge in [-0.15, -0.1) is 0 Å². The minimum atomic E-state index is 0.889. The standard InChI is InChI=1S/C34H21N3/c1-2-8-22(9-3-1)28-21-32-34(27-13-7-6-12-26(27)28)33-25-11-5-4-10-23(25)14-17-31(33)37(32)24-15-16-29-30(20-24)36-19-18-35-29/h1-21H. The van der Waals surface area contributed by atoms with Gasteiger partial charge in [0.15, 0.2) is 0 Å². The summed E-state index contributed by atoms with van der Waals surface area (Å²) in [6, 6.07) is 41.4. The summed E-state index contributed by atoms with van der Waals surface area (Å²) in [6.45, 7) is 0. The van der Waals surface area contributed by atoms with Gasteiger partial charge in [0.25, 0.3) is 0 Å². The molecule has 0 aliphatic heterocycles. The fourth-order valence-corrected chi connectivity index (χ4v) is 5.86. The molecule has 172 valence electrons. The molecule has 0 saturated carbocycles. The first kappa shape index (κ1) is 20.2. The lowest BCUT2D eigenvalue weighted by molar-refractivity contribution is 1.18. The number of fused-ring (bicyclic) bond motifs is 8. The van der Waals surface area contributed by atoms with Crippen LogP contribution in [0.15, 0.2) is 128 Å². The van der Waals surface area contributed by atoms with Crippen molar-refractivity contribution in [2.24, 2.45) is 0 Å². The van der Waals surface area contributed by atoms with Crippen LogP contribution in [0, 0.1) is 0 Å². The summed E-state index contributed by atoms with van der Waals surface area (Å²) in [4.78, 5) is 9.09. The number of hydrogen-bond donors (Lipinski definition) is 0. The summed E-state index contributed by atoms with van der Waals surface area (Å²) in [5, 5.41) is 7.60.